The minimum absolute atomic E-state index is 0.431. The maximum atomic E-state index is 10.8. The number of hydrogen-bond acceptors (Lipinski definition) is 3. The molecule has 2 unspecified atom stereocenters. The van der Waals surface area contributed by atoms with Gasteiger partial charge in [-0.15, -0.1) is 0 Å². The van der Waals surface area contributed by atoms with Crippen molar-refractivity contribution in [2.24, 2.45) is 0 Å². The summed E-state index contributed by atoms with van der Waals surface area (Å²) < 4.78 is 9.69. The van der Waals surface area contributed by atoms with Gasteiger partial charge in [0.2, 0.25) is 0 Å². The van der Waals surface area contributed by atoms with Crippen molar-refractivity contribution in [1.82, 2.24) is 0 Å². The first kappa shape index (κ1) is 9.34. The number of carbonyl (C=O) groups excluding carboxylic acids is 1. The van der Waals surface area contributed by atoms with Crippen LogP contribution in [0.3, 0.4) is 0 Å². The topological polar surface area (TPSA) is 35.5 Å². The summed E-state index contributed by atoms with van der Waals surface area (Å²) in [6, 6.07) is 7.03. The average Bonchev–Trinajstić information content (AvgIpc) is 2.47. The molecule has 1 aliphatic rings. The summed E-state index contributed by atoms with van der Waals surface area (Å²) in [5.41, 5.74) is 0.834. The van der Waals surface area contributed by atoms with E-state index in [1.807, 2.05) is 0 Å². The van der Waals surface area contributed by atoms with E-state index < -0.39 is 18.4 Å². The van der Waals surface area contributed by atoms with Crippen molar-refractivity contribution in [3.8, 4) is 0 Å². The zero-order chi connectivity index (χ0) is 10.1. The van der Waals surface area contributed by atoms with E-state index in [-0.39, 0.29) is 0 Å². The van der Waals surface area contributed by atoms with Crippen molar-refractivity contribution in [1.29, 1.82) is 0 Å². The van der Waals surface area contributed by atoms with Crippen molar-refractivity contribution in [2.45, 2.75) is 12.2 Å². The summed E-state index contributed by atoms with van der Waals surface area (Å²) in [5, 5.41) is 0.639. The lowest BCUT2D eigenvalue weighted by atomic mass is 10.1. The number of cyclic esters (lactones) is 2. The van der Waals surface area contributed by atoms with Crippen LogP contribution < -0.4 is 0 Å². The molecule has 2 rings (SSSR count). The van der Waals surface area contributed by atoms with Crippen LogP contribution in [-0.4, -0.2) is 12.3 Å². The molecule has 1 fully saturated rings. The Bertz CT molecular complexity index is 347. The Labute approximate surface area is 86.6 Å². The van der Waals surface area contributed by atoms with Gasteiger partial charge in [-0.3, -0.25) is 0 Å². The number of rotatable bonds is 1. The van der Waals surface area contributed by atoms with Gasteiger partial charge in [0.25, 0.3) is 0 Å². The Morgan fingerprint density at radius 1 is 1.21 bits per heavy atom. The Hall–Kier alpha value is -1.22. The number of halogens is 1. The lowest BCUT2D eigenvalue weighted by molar-refractivity contribution is 0.117. The number of ether oxygens (including phenoxy) is 2. The van der Waals surface area contributed by atoms with Gasteiger partial charge in [0, 0.05) is 5.02 Å². The Morgan fingerprint density at radius 2 is 1.86 bits per heavy atom. The third-order valence-electron chi connectivity index (χ3n) is 2.01. The van der Waals surface area contributed by atoms with Gasteiger partial charge in [-0.25, -0.2) is 4.79 Å². The Morgan fingerprint density at radius 3 is 2.36 bits per heavy atom. The summed E-state index contributed by atoms with van der Waals surface area (Å²) in [6.45, 7) is 3.67. The van der Waals surface area contributed by atoms with Gasteiger partial charge in [-0.1, -0.05) is 23.7 Å². The second kappa shape index (κ2) is 3.50. The molecule has 1 aromatic rings. The largest absolute Gasteiger partial charge is 0.509 e. The highest BCUT2D eigenvalue weighted by Gasteiger charge is 2.34. The molecule has 0 N–H and O–H groups in total. The molecule has 4 heteroatoms. The normalized spacial score (nSPS) is 25.7. The van der Waals surface area contributed by atoms with Crippen molar-refractivity contribution in [3.05, 3.63) is 41.8 Å². The van der Waals surface area contributed by atoms with Crippen LogP contribution in [0.25, 0.3) is 0 Å². The molecule has 0 bridgehead atoms. The van der Waals surface area contributed by atoms with Gasteiger partial charge in [0.1, 0.15) is 6.10 Å². The number of carbonyl (C=O) groups is 1. The Kier molecular flexibility index (Phi) is 2.33. The fourth-order valence-corrected chi connectivity index (χ4v) is 1.45. The molecular weight excluding hydrogens is 204 g/mol. The lowest BCUT2D eigenvalue weighted by Crippen LogP contribution is -2.10. The molecule has 14 heavy (non-hydrogen) atoms. The van der Waals surface area contributed by atoms with Gasteiger partial charge < -0.3 is 9.47 Å². The molecule has 2 atom stereocenters. The zero-order valence-electron chi connectivity index (χ0n) is 7.27. The molecule has 1 aliphatic heterocycles. The predicted octanol–water partition coefficient (Wildman–Crippen LogP) is 2.75. The summed E-state index contributed by atoms with van der Waals surface area (Å²) in [6.07, 6.45) is -1.60. The number of benzene rings is 1. The molecule has 1 radical (unpaired) electrons. The van der Waals surface area contributed by atoms with E-state index in [0.29, 0.717) is 5.02 Å². The third-order valence-corrected chi connectivity index (χ3v) is 2.26. The van der Waals surface area contributed by atoms with Crippen molar-refractivity contribution < 1.29 is 14.3 Å². The molecule has 0 saturated carbocycles. The average molecular weight is 212 g/mol. The van der Waals surface area contributed by atoms with Crippen molar-refractivity contribution in [3.63, 3.8) is 0 Å². The highest BCUT2D eigenvalue weighted by molar-refractivity contribution is 6.30. The molecule has 3 nitrogen and oxygen atoms in total. The quantitative estimate of drug-likeness (QED) is 0.670. The van der Waals surface area contributed by atoms with Crippen molar-refractivity contribution >= 4 is 17.8 Å². The molecule has 0 aromatic heterocycles. The van der Waals surface area contributed by atoms with E-state index in [4.69, 9.17) is 21.1 Å². The number of hydrogen-bond donors (Lipinski definition) is 0. The fourth-order valence-electron chi connectivity index (χ4n) is 1.33. The molecule has 1 aromatic carbocycles. The van der Waals surface area contributed by atoms with Crippen LogP contribution in [-0.2, 0) is 9.47 Å². The highest BCUT2D eigenvalue weighted by Crippen LogP contribution is 2.30. The predicted molar refractivity (Wildman–Crippen MR) is 50.9 cm³/mol. The lowest BCUT2D eigenvalue weighted by Gasteiger charge is -2.10. The first-order chi connectivity index (χ1) is 6.66. The molecule has 0 amide bonds. The van der Waals surface area contributed by atoms with Gasteiger partial charge >= 0.3 is 6.16 Å². The standard InChI is InChI=1S/C10H8ClO3/c1-6-9(14-10(12)13-6)7-2-4-8(11)5-3-7/h2-6,9H,1H2. The first-order valence-corrected chi connectivity index (χ1v) is 4.50. The summed E-state index contributed by atoms with van der Waals surface area (Å²) in [5.74, 6) is 0. The van der Waals surface area contributed by atoms with Crippen LogP contribution >= 0.6 is 11.6 Å². The highest BCUT2D eigenvalue weighted by atomic mass is 35.5. The van der Waals surface area contributed by atoms with Crippen LogP contribution in [0.5, 0.6) is 0 Å². The minimum Gasteiger partial charge on any atom is -0.427 e. The molecule has 0 aliphatic carbocycles. The molecule has 0 spiro atoms. The Balaban J connectivity index is 2.23. The van der Waals surface area contributed by atoms with E-state index >= 15 is 0 Å². The fraction of sp³-hybridized carbons (Fsp3) is 0.200. The first-order valence-electron chi connectivity index (χ1n) is 4.12. The molecular formula is C10H8ClO3. The van der Waals surface area contributed by atoms with Crippen LogP contribution in [0.1, 0.15) is 11.7 Å². The summed E-state index contributed by atoms with van der Waals surface area (Å²) >= 11 is 5.73. The molecule has 1 heterocycles. The minimum atomic E-state index is -0.676. The van der Waals surface area contributed by atoms with E-state index in [1.165, 1.54) is 0 Å². The van der Waals surface area contributed by atoms with E-state index in [0.717, 1.165) is 5.56 Å². The van der Waals surface area contributed by atoms with Crippen LogP contribution in [0, 0.1) is 6.92 Å². The molecule has 1 saturated heterocycles. The van der Waals surface area contributed by atoms with Gasteiger partial charge in [-0.2, -0.15) is 0 Å². The third kappa shape index (κ3) is 1.68. The van der Waals surface area contributed by atoms with Gasteiger partial charge in [-0.05, 0) is 24.6 Å². The van der Waals surface area contributed by atoms with Crippen LogP contribution in [0.4, 0.5) is 4.79 Å². The maximum Gasteiger partial charge on any atom is 0.509 e. The van der Waals surface area contributed by atoms with Crippen LogP contribution in [0.2, 0.25) is 5.02 Å². The summed E-state index contributed by atoms with van der Waals surface area (Å²) in [7, 11) is 0. The van der Waals surface area contributed by atoms with Crippen molar-refractivity contribution in [2.75, 3.05) is 0 Å². The van der Waals surface area contributed by atoms with E-state index in [9.17, 15) is 4.79 Å². The second-order valence-corrected chi connectivity index (χ2v) is 3.43. The van der Waals surface area contributed by atoms with Gasteiger partial charge in [0.15, 0.2) is 6.10 Å². The smallest absolute Gasteiger partial charge is 0.427 e. The van der Waals surface area contributed by atoms with E-state index in [2.05, 4.69) is 6.92 Å². The second-order valence-electron chi connectivity index (χ2n) is 3.00. The SMILES string of the molecule is [CH2]C1OC(=O)OC1c1ccc(Cl)cc1. The molecule has 73 valence electrons. The van der Waals surface area contributed by atoms with Gasteiger partial charge in [0.05, 0.1) is 0 Å². The van der Waals surface area contributed by atoms with Crippen LogP contribution in [0.15, 0.2) is 24.3 Å². The van der Waals surface area contributed by atoms with E-state index in [1.54, 1.807) is 24.3 Å². The summed E-state index contributed by atoms with van der Waals surface area (Å²) in [4.78, 5) is 10.8. The maximum absolute atomic E-state index is 10.8. The monoisotopic (exact) mass is 211 g/mol. The zero-order valence-corrected chi connectivity index (χ0v) is 8.03.